The molecule has 140 valence electrons. The van der Waals surface area contributed by atoms with E-state index in [1.807, 2.05) is 12.1 Å². The third-order valence-corrected chi connectivity index (χ3v) is 4.43. The van der Waals surface area contributed by atoms with Crippen molar-refractivity contribution in [2.75, 3.05) is 6.54 Å². The molecule has 1 unspecified atom stereocenters. The predicted molar refractivity (Wildman–Crippen MR) is 108 cm³/mol. The lowest BCUT2D eigenvalue weighted by atomic mass is 9.87. The molecule has 0 radical (unpaired) electrons. The normalized spacial score (nSPS) is 12.5. The molecule has 3 nitrogen and oxygen atoms in total. The van der Waals surface area contributed by atoms with E-state index in [-0.39, 0.29) is 11.3 Å². The molecule has 0 bridgehead atoms. The van der Waals surface area contributed by atoms with Gasteiger partial charge in [0.05, 0.1) is 0 Å². The van der Waals surface area contributed by atoms with Crippen molar-refractivity contribution in [3.05, 3.63) is 65.2 Å². The Morgan fingerprint density at radius 1 is 1.12 bits per heavy atom. The molecule has 0 saturated heterocycles. The van der Waals surface area contributed by atoms with E-state index in [1.54, 1.807) is 6.92 Å². The average Bonchev–Trinajstić information content (AvgIpc) is 2.58. The second-order valence-electron chi connectivity index (χ2n) is 7.92. The van der Waals surface area contributed by atoms with E-state index in [0.717, 1.165) is 18.6 Å². The number of hydrogen-bond donors (Lipinski definition) is 1. The number of carbonyl (C=O) groups is 1. The maximum absolute atomic E-state index is 12.2. The van der Waals surface area contributed by atoms with Gasteiger partial charge in [-0.15, -0.1) is 0 Å². The summed E-state index contributed by atoms with van der Waals surface area (Å²) in [7, 11) is 0. The maximum Gasteiger partial charge on any atom is 0.260 e. The molecule has 0 aliphatic rings. The first kappa shape index (κ1) is 20.0. The van der Waals surface area contributed by atoms with Gasteiger partial charge in [-0.3, -0.25) is 4.79 Å². The zero-order valence-corrected chi connectivity index (χ0v) is 16.6. The van der Waals surface area contributed by atoms with E-state index in [4.69, 9.17) is 4.74 Å². The highest BCUT2D eigenvalue weighted by Gasteiger charge is 2.16. The molecule has 2 aromatic rings. The molecule has 0 aliphatic heterocycles. The summed E-state index contributed by atoms with van der Waals surface area (Å²) in [6.07, 6.45) is 1.38. The fourth-order valence-electron chi connectivity index (χ4n) is 2.81. The molecule has 0 saturated carbocycles. The smallest absolute Gasteiger partial charge is 0.260 e. The van der Waals surface area contributed by atoms with Crippen LogP contribution in [0.25, 0.3) is 0 Å². The largest absolute Gasteiger partial charge is 0.481 e. The highest BCUT2D eigenvalue weighted by Crippen LogP contribution is 2.24. The van der Waals surface area contributed by atoms with E-state index in [1.165, 1.54) is 16.7 Å². The third-order valence-electron chi connectivity index (χ3n) is 4.43. The lowest BCUT2D eigenvalue weighted by Crippen LogP contribution is -2.36. The summed E-state index contributed by atoms with van der Waals surface area (Å²) in [5.41, 5.74) is 3.94. The predicted octanol–water partition coefficient (Wildman–Crippen LogP) is 4.81. The summed E-state index contributed by atoms with van der Waals surface area (Å²) in [4.78, 5) is 12.2. The molecule has 2 rings (SSSR count). The van der Waals surface area contributed by atoms with E-state index in [0.29, 0.717) is 6.54 Å². The molecule has 0 aromatic heterocycles. The molecule has 2 aromatic carbocycles. The Hall–Kier alpha value is -2.29. The van der Waals surface area contributed by atoms with Crippen LogP contribution >= 0.6 is 0 Å². The van der Waals surface area contributed by atoms with Gasteiger partial charge < -0.3 is 10.1 Å². The van der Waals surface area contributed by atoms with Gasteiger partial charge in [0.1, 0.15) is 5.75 Å². The summed E-state index contributed by atoms with van der Waals surface area (Å²) in [5.74, 6) is 0.648. The van der Waals surface area contributed by atoms with Crippen molar-refractivity contribution in [2.24, 2.45) is 0 Å². The molecule has 1 N–H and O–H groups in total. The summed E-state index contributed by atoms with van der Waals surface area (Å²) >= 11 is 0. The van der Waals surface area contributed by atoms with Gasteiger partial charge in [0.15, 0.2) is 6.10 Å². The monoisotopic (exact) mass is 353 g/mol. The van der Waals surface area contributed by atoms with Gasteiger partial charge in [0.25, 0.3) is 5.91 Å². The van der Waals surface area contributed by atoms with E-state index < -0.39 is 6.10 Å². The fourth-order valence-corrected chi connectivity index (χ4v) is 2.81. The molecule has 0 spiro atoms. The number of carbonyl (C=O) groups excluding carboxylic acids is 1. The van der Waals surface area contributed by atoms with Crippen LogP contribution in [-0.2, 0) is 16.6 Å². The first-order valence-corrected chi connectivity index (χ1v) is 9.36. The molecule has 0 aliphatic carbocycles. The molecular weight excluding hydrogens is 322 g/mol. The van der Waals surface area contributed by atoms with Gasteiger partial charge in [0, 0.05) is 6.54 Å². The maximum atomic E-state index is 12.2. The second-order valence-corrected chi connectivity index (χ2v) is 7.92. The first-order chi connectivity index (χ1) is 12.3. The van der Waals surface area contributed by atoms with Crippen LogP contribution in [0, 0.1) is 6.92 Å². The van der Waals surface area contributed by atoms with Gasteiger partial charge in [-0.25, -0.2) is 0 Å². The van der Waals surface area contributed by atoms with Crippen LogP contribution < -0.4 is 10.1 Å². The number of benzene rings is 2. The van der Waals surface area contributed by atoms with Gasteiger partial charge >= 0.3 is 0 Å². The van der Waals surface area contributed by atoms with E-state index in [2.05, 4.69) is 69.4 Å². The van der Waals surface area contributed by atoms with Crippen LogP contribution in [0.3, 0.4) is 0 Å². The quantitative estimate of drug-likeness (QED) is 0.726. The van der Waals surface area contributed by atoms with Crippen molar-refractivity contribution in [1.82, 2.24) is 5.32 Å². The highest BCUT2D eigenvalue weighted by atomic mass is 16.5. The number of rotatable bonds is 7. The minimum Gasteiger partial charge on any atom is -0.481 e. The zero-order chi connectivity index (χ0) is 19.2. The van der Waals surface area contributed by atoms with Gasteiger partial charge in [0.2, 0.25) is 0 Å². The lowest BCUT2D eigenvalue weighted by Gasteiger charge is -2.20. The highest BCUT2D eigenvalue weighted by molar-refractivity contribution is 5.80. The summed E-state index contributed by atoms with van der Waals surface area (Å²) in [6, 6.07) is 16.5. The second kappa shape index (κ2) is 8.88. The van der Waals surface area contributed by atoms with Crippen LogP contribution in [0.4, 0.5) is 0 Å². The summed E-state index contributed by atoms with van der Waals surface area (Å²) < 4.78 is 5.76. The van der Waals surface area contributed by atoms with Gasteiger partial charge in [-0.2, -0.15) is 0 Å². The number of ether oxygens (including phenoxy) is 1. The van der Waals surface area contributed by atoms with Gasteiger partial charge in [-0.1, -0.05) is 62.7 Å². The first-order valence-electron chi connectivity index (χ1n) is 9.36. The lowest BCUT2D eigenvalue weighted by molar-refractivity contribution is -0.127. The van der Waals surface area contributed by atoms with Crippen molar-refractivity contribution >= 4 is 5.91 Å². The van der Waals surface area contributed by atoms with Crippen LogP contribution in [0.1, 0.15) is 50.8 Å². The van der Waals surface area contributed by atoms with Crippen molar-refractivity contribution < 1.29 is 9.53 Å². The zero-order valence-electron chi connectivity index (χ0n) is 16.6. The molecule has 0 fully saturated rings. The number of hydrogen-bond acceptors (Lipinski definition) is 2. The Kier molecular flexibility index (Phi) is 6.84. The molecule has 0 heterocycles. The standard InChI is InChI=1S/C23H31NO2/c1-17-8-6-9-19(16-17)10-7-15-24-22(25)18(2)26-21-13-11-20(12-14-21)23(3,4)5/h6,8-9,11-14,16,18H,7,10,15H2,1-5H3,(H,24,25). The molecule has 1 amide bonds. The summed E-state index contributed by atoms with van der Waals surface area (Å²) in [6.45, 7) is 11.1. The Morgan fingerprint density at radius 2 is 1.81 bits per heavy atom. The fraction of sp³-hybridized carbons (Fsp3) is 0.435. The Bertz CT molecular complexity index is 714. The number of nitrogens with one attached hydrogen (secondary N) is 1. The van der Waals surface area contributed by atoms with Crippen LogP contribution in [0.2, 0.25) is 0 Å². The third kappa shape index (κ3) is 6.21. The van der Waals surface area contributed by atoms with Crippen molar-refractivity contribution in [2.45, 2.75) is 59.0 Å². The topological polar surface area (TPSA) is 38.3 Å². The van der Waals surface area contributed by atoms with Crippen molar-refractivity contribution in [3.63, 3.8) is 0 Å². The van der Waals surface area contributed by atoms with Crippen LogP contribution in [-0.4, -0.2) is 18.6 Å². The Morgan fingerprint density at radius 3 is 2.42 bits per heavy atom. The Labute approximate surface area is 157 Å². The number of aryl methyl sites for hydroxylation is 2. The molecule has 1 atom stereocenters. The van der Waals surface area contributed by atoms with E-state index >= 15 is 0 Å². The van der Waals surface area contributed by atoms with Gasteiger partial charge in [-0.05, 0) is 55.4 Å². The minimum absolute atomic E-state index is 0.0749. The van der Waals surface area contributed by atoms with E-state index in [9.17, 15) is 4.79 Å². The molecule has 26 heavy (non-hydrogen) atoms. The molecular formula is C23H31NO2. The SMILES string of the molecule is Cc1cccc(CCCNC(=O)C(C)Oc2ccc(C(C)(C)C)cc2)c1. The summed E-state index contributed by atoms with van der Waals surface area (Å²) in [5, 5.41) is 2.96. The average molecular weight is 354 g/mol. The van der Waals surface area contributed by atoms with Crippen molar-refractivity contribution in [1.29, 1.82) is 0 Å². The van der Waals surface area contributed by atoms with Crippen molar-refractivity contribution in [3.8, 4) is 5.75 Å². The van der Waals surface area contributed by atoms with Crippen LogP contribution in [0.15, 0.2) is 48.5 Å². The van der Waals surface area contributed by atoms with Crippen LogP contribution in [0.5, 0.6) is 5.75 Å². The number of amides is 1. The Balaban J connectivity index is 1.75. The minimum atomic E-state index is -0.505. The molecule has 3 heteroatoms.